The summed E-state index contributed by atoms with van der Waals surface area (Å²) >= 11 is 0. The molecule has 1 unspecified atom stereocenters. The number of nitrogens with zero attached hydrogens (tertiary/aromatic N) is 4. The largest absolute Gasteiger partial charge is 0.335 e. The molecule has 4 heteroatoms. The third kappa shape index (κ3) is 2.75. The van der Waals surface area contributed by atoms with Gasteiger partial charge in [0.15, 0.2) is 0 Å². The Morgan fingerprint density at radius 2 is 2.18 bits per heavy atom. The second-order valence-corrected chi connectivity index (χ2v) is 4.65. The predicted octanol–water partition coefficient (Wildman–Crippen LogP) is 1.71. The van der Waals surface area contributed by atoms with E-state index in [0.717, 1.165) is 44.2 Å². The molecule has 1 aromatic rings. The molecule has 0 amide bonds. The summed E-state index contributed by atoms with van der Waals surface area (Å²) in [6.07, 6.45) is 3.00. The van der Waals surface area contributed by atoms with E-state index in [0.29, 0.717) is 6.04 Å². The molecule has 0 bridgehead atoms. The average Bonchev–Trinajstić information content (AvgIpc) is 2.38. The molecule has 94 valence electrons. The van der Waals surface area contributed by atoms with Gasteiger partial charge in [-0.2, -0.15) is 0 Å². The van der Waals surface area contributed by atoms with Crippen LogP contribution in [0.2, 0.25) is 0 Å². The van der Waals surface area contributed by atoms with Gasteiger partial charge in [0.05, 0.1) is 0 Å². The van der Waals surface area contributed by atoms with Crippen molar-refractivity contribution in [2.75, 3.05) is 31.1 Å². The van der Waals surface area contributed by atoms with Crippen molar-refractivity contribution in [1.82, 2.24) is 14.9 Å². The summed E-state index contributed by atoms with van der Waals surface area (Å²) in [5.41, 5.74) is 1.04. The molecule has 2 heterocycles. The first-order valence-electron chi connectivity index (χ1n) is 6.53. The third-order valence-electron chi connectivity index (χ3n) is 3.52. The number of piperazine rings is 1. The molecule has 0 radical (unpaired) electrons. The van der Waals surface area contributed by atoms with E-state index in [-0.39, 0.29) is 0 Å². The topological polar surface area (TPSA) is 32.3 Å². The molecule has 0 aromatic carbocycles. The molecule has 0 N–H and O–H groups in total. The number of likely N-dealkylation sites (N-methyl/N-ethyl adjacent to an activating group) is 1. The molecule has 1 aromatic heterocycles. The molecule has 1 saturated heterocycles. The highest BCUT2D eigenvalue weighted by Gasteiger charge is 2.26. The Kier molecular flexibility index (Phi) is 3.94. The van der Waals surface area contributed by atoms with Crippen molar-refractivity contribution < 1.29 is 0 Å². The minimum atomic E-state index is 0.547. The van der Waals surface area contributed by atoms with E-state index in [9.17, 15) is 0 Å². The van der Waals surface area contributed by atoms with Gasteiger partial charge in [-0.1, -0.05) is 13.8 Å². The van der Waals surface area contributed by atoms with Crippen LogP contribution in [0.25, 0.3) is 0 Å². The normalized spacial score (nSPS) is 21.8. The lowest BCUT2D eigenvalue weighted by atomic mass is 10.1. The Morgan fingerprint density at radius 1 is 1.35 bits per heavy atom. The van der Waals surface area contributed by atoms with Crippen LogP contribution in [0.3, 0.4) is 0 Å². The molecule has 0 spiro atoms. The first-order chi connectivity index (χ1) is 8.24. The zero-order valence-corrected chi connectivity index (χ0v) is 11.1. The van der Waals surface area contributed by atoms with Crippen LogP contribution in [0.4, 0.5) is 5.95 Å². The zero-order valence-electron chi connectivity index (χ0n) is 11.1. The van der Waals surface area contributed by atoms with Crippen molar-refractivity contribution >= 4 is 5.95 Å². The van der Waals surface area contributed by atoms with Gasteiger partial charge in [-0.05, 0) is 26.0 Å². The summed E-state index contributed by atoms with van der Waals surface area (Å²) < 4.78 is 0. The molecular weight excluding hydrogens is 212 g/mol. The van der Waals surface area contributed by atoms with Gasteiger partial charge in [0.2, 0.25) is 5.95 Å². The Bertz CT molecular complexity index is 366. The van der Waals surface area contributed by atoms with Gasteiger partial charge in [-0.25, -0.2) is 9.97 Å². The highest BCUT2D eigenvalue weighted by Crippen LogP contribution is 2.18. The van der Waals surface area contributed by atoms with Crippen molar-refractivity contribution in [1.29, 1.82) is 0 Å². The minimum absolute atomic E-state index is 0.547. The summed E-state index contributed by atoms with van der Waals surface area (Å²) in [4.78, 5) is 13.8. The fraction of sp³-hybridized carbons (Fsp3) is 0.692. The molecule has 2 rings (SSSR count). The van der Waals surface area contributed by atoms with Crippen molar-refractivity contribution in [3.05, 3.63) is 18.0 Å². The summed E-state index contributed by atoms with van der Waals surface area (Å²) in [6, 6.07) is 2.50. The standard InChI is InChI=1S/C13H22N4/c1-4-12-10-16(5-2)8-9-17(12)13-14-7-6-11(3)15-13/h6-7,12H,4-5,8-10H2,1-3H3. The van der Waals surface area contributed by atoms with Crippen LogP contribution in [-0.4, -0.2) is 47.1 Å². The maximum absolute atomic E-state index is 4.54. The Labute approximate surface area is 104 Å². The van der Waals surface area contributed by atoms with Crippen molar-refractivity contribution in [2.24, 2.45) is 0 Å². The summed E-state index contributed by atoms with van der Waals surface area (Å²) in [5, 5.41) is 0. The van der Waals surface area contributed by atoms with Gasteiger partial charge in [0, 0.05) is 37.6 Å². The molecule has 1 aliphatic rings. The van der Waals surface area contributed by atoms with Gasteiger partial charge >= 0.3 is 0 Å². The number of anilines is 1. The molecule has 0 saturated carbocycles. The lowest BCUT2D eigenvalue weighted by molar-refractivity contribution is 0.228. The fourth-order valence-electron chi connectivity index (χ4n) is 2.39. The second-order valence-electron chi connectivity index (χ2n) is 4.65. The van der Waals surface area contributed by atoms with E-state index in [4.69, 9.17) is 0 Å². The van der Waals surface area contributed by atoms with Crippen LogP contribution >= 0.6 is 0 Å². The molecule has 17 heavy (non-hydrogen) atoms. The highest BCUT2D eigenvalue weighted by atomic mass is 15.3. The minimum Gasteiger partial charge on any atom is -0.335 e. The van der Waals surface area contributed by atoms with E-state index in [1.165, 1.54) is 0 Å². The first-order valence-corrected chi connectivity index (χ1v) is 6.53. The second kappa shape index (κ2) is 5.45. The van der Waals surface area contributed by atoms with E-state index in [1.807, 2.05) is 19.2 Å². The summed E-state index contributed by atoms with van der Waals surface area (Å²) in [7, 11) is 0. The van der Waals surface area contributed by atoms with Crippen molar-refractivity contribution in [2.45, 2.75) is 33.2 Å². The van der Waals surface area contributed by atoms with Gasteiger partial charge in [-0.15, -0.1) is 0 Å². The predicted molar refractivity (Wildman–Crippen MR) is 70.3 cm³/mol. The van der Waals surface area contributed by atoms with E-state index < -0.39 is 0 Å². The highest BCUT2D eigenvalue weighted by molar-refractivity contribution is 5.33. The molecule has 1 atom stereocenters. The van der Waals surface area contributed by atoms with Crippen LogP contribution in [0.15, 0.2) is 12.3 Å². The maximum Gasteiger partial charge on any atom is 0.225 e. The first kappa shape index (κ1) is 12.3. The van der Waals surface area contributed by atoms with Crippen LogP contribution in [0, 0.1) is 6.92 Å². The SMILES string of the molecule is CCC1CN(CC)CCN1c1nccc(C)n1. The van der Waals surface area contributed by atoms with E-state index in [2.05, 4.69) is 33.6 Å². The van der Waals surface area contributed by atoms with Crippen LogP contribution in [0.1, 0.15) is 26.0 Å². The zero-order chi connectivity index (χ0) is 12.3. The van der Waals surface area contributed by atoms with Crippen molar-refractivity contribution in [3.8, 4) is 0 Å². The average molecular weight is 234 g/mol. The lowest BCUT2D eigenvalue weighted by Gasteiger charge is -2.40. The Balaban J connectivity index is 2.15. The van der Waals surface area contributed by atoms with Gasteiger partial charge in [0.1, 0.15) is 0 Å². The third-order valence-corrected chi connectivity index (χ3v) is 3.52. The maximum atomic E-state index is 4.54. The van der Waals surface area contributed by atoms with Gasteiger partial charge in [0.25, 0.3) is 0 Å². The molecule has 0 aliphatic carbocycles. The number of hydrogen-bond donors (Lipinski definition) is 0. The fourth-order valence-corrected chi connectivity index (χ4v) is 2.39. The van der Waals surface area contributed by atoms with E-state index >= 15 is 0 Å². The van der Waals surface area contributed by atoms with Gasteiger partial charge in [-0.3, -0.25) is 4.90 Å². The van der Waals surface area contributed by atoms with Crippen LogP contribution < -0.4 is 4.90 Å². The number of rotatable bonds is 3. The Morgan fingerprint density at radius 3 is 2.82 bits per heavy atom. The van der Waals surface area contributed by atoms with Crippen molar-refractivity contribution in [3.63, 3.8) is 0 Å². The number of aryl methyl sites for hydroxylation is 1. The molecule has 4 nitrogen and oxygen atoms in total. The smallest absolute Gasteiger partial charge is 0.225 e. The molecular formula is C13H22N4. The van der Waals surface area contributed by atoms with Gasteiger partial charge < -0.3 is 4.90 Å². The molecule has 1 fully saturated rings. The number of aromatic nitrogens is 2. The monoisotopic (exact) mass is 234 g/mol. The van der Waals surface area contributed by atoms with Crippen LogP contribution in [0.5, 0.6) is 0 Å². The Hall–Kier alpha value is -1.16. The van der Waals surface area contributed by atoms with Crippen LogP contribution in [-0.2, 0) is 0 Å². The lowest BCUT2D eigenvalue weighted by Crippen LogP contribution is -2.53. The summed E-state index contributed by atoms with van der Waals surface area (Å²) in [6.45, 7) is 10.9. The summed E-state index contributed by atoms with van der Waals surface area (Å²) in [5.74, 6) is 0.896. The number of hydrogen-bond acceptors (Lipinski definition) is 4. The quantitative estimate of drug-likeness (QED) is 0.797. The molecule has 1 aliphatic heterocycles. The van der Waals surface area contributed by atoms with E-state index in [1.54, 1.807) is 0 Å².